The second-order valence-corrected chi connectivity index (χ2v) is 6.61. The third-order valence-corrected chi connectivity index (χ3v) is 4.78. The zero-order valence-corrected chi connectivity index (χ0v) is 12.4. The zero-order valence-electron chi connectivity index (χ0n) is 10.0. The molecule has 1 heterocycles. The Labute approximate surface area is 120 Å². The summed E-state index contributed by atoms with van der Waals surface area (Å²) in [7, 11) is -4.00. The molecule has 0 spiro atoms. The summed E-state index contributed by atoms with van der Waals surface area (Å²) >= 11 is 7.13. The van der Waals surface area contributed by atoms with Crippen LogP contribution in [-0.4, -0.2) is 42.5 Å². The highest BCUT2D eigenvalue weighted by molar-refractivity contribution is 7.98. The van der Waals surface area contributed by atoms with Crippen LogP contribution in [0.4, 0.5) is 0 Å². The van der Waals surface area contributed by atoms with Crippen LogP contribution >= 0.6 is 23.4 Å². The van der Waals surface area contributed by atoms with Crippen LogP contribution in [0.5, 0.6) is 0 Å². The van der Waals surface area contributed by atoms with Crippen molar-refractivity contribution in [3.8, 4) is 0 Å². The Balaban J connectivity index is 2.95. The second kappa shape index (κ2) is 7.09. The molecule has 1 aromatic rings. The highest BCUT2D eigenvalue weighted by Crippen LogP contribution is 2.18. The third-order valence-electron chi connectivity index (χ3n) is 2.22. The number of rotatable bonds is 7. The van der Waals surface area contributed by atoms with Gasteiger partial charge in [-0.1, -0.05) is 11.6 Å². The molecule has 1 aromatic heterocycles. The van der Waals surface area contributed by atoms with E-state index in [1.165, 1.54) is 30.1 Å². The third kappa shape index (κ3) is 4.64. The number of nitrogens with one attached hydrogen (secondary N) is 1. The first-order chi connectivity index (χ1) is 8.88. The van der Waals surface area contributed by atoms with Gasteiger partial charge < -0.3 is 5.11 Å². The Bertz CT molecular complexity index is 550. The summed E-state index contributed by atoms with van der Waals surface area (Å²) in [5.74, 6) is -0.696. The number of carbonyl (C=O) groups is 1. The van der Waals surface area contributed by atoms with E-state index in [4.69, 9.17) is 16.7 Å². The molecule has 0 amide bonds. The van der Waals surface area contributed by atoms with Crippen molar-refractivity contribution < 1.29 is 18.3 Å². The van der Waals surface area contributed by atoms with Crippen molar-refractivity contribution >= 4 is 39.4 Å². The first-order valence-electron chi connectivity index (χ1n) is 5.23. The summed E-state index contributed by atoms with van der Waals surface area (Å²) in [6.07, 6.45) is 3.35. The average molecular weight is 325 g/mol. The van der Waals surface area contributed by atoms with Crippen molar-refractivity contribution in [2.75, 3.05) is 12.0 Å². The van der Waals surface area contributed by atoms with Gasteiger partial charge in [0, 0.05) is 6.20 Å². The lowest BCUT2D eigenvalue weighted by Gasteiger charge is -2.14. The zero-order chi connectivity index (χ0) is 14.5. The predicted molar refractivity (Wildman–Crippen MR) is 74.0 cm³/mol. The molecule has 0 aliphatic carbocycles. The van der Waals surface area contributed by atoms with E-state index in [1.807, 2.05) is 6.26 Å². The Morgan fingerprint density at radius 2 is 2.32 bits per heavy atom. The van der Waals surface area contributed by atoms with E-state index in [2.05, 4.69) is 9.71 Å². The minimum atomic E-state index is -4.00. The molecule has 0 saturated carbocycles. The van der Waals surface area contributed by atoms with Gasteiger partial charge in [0.1, 0.15) is 16.1 Å². The maximum Gasteiger partial charge on any atom is 0.321 e. The number of aliphatic carboxylic acids is 1. The van der Waals surface area contributed by atoms with Gasteiger partial charge >= 0.3 is 5.97 Å². The summed E-state index contributed by atoms with van der Waals surface area (Å²) in [5, 5.41) is 8.80. The van der Waals surface area contributed by atoms with Crippen molar-refractivity contribution in [3.05, 3.63) is 23.5 Å². The highest BCUT2D eigenvalue weighted by Gasteiger charge is 2.26. The standard InChI is InChI=1S/C10H13ClN2O4S2/c1-18-6-4-7(10(14)15)13-19(16,17)8-3-2-5-12-9(8)11/h2-3,5,7,13H,4,6H2,1H3,(H,14,15)/t7-/m1/s1. The first kappa shape index (κ1) is 16.2. The molecule has 0 unspecified atom stereocenters. The van der Waals surface area contributed by atoms with Crippen LogP contribution in [0.25, 0.3) is 0 Å². The van der Waals surface area contributed by atoms with E-state index in [0.29, 0.717) is 5.75 Å². The van der Waals surface area contributed by atoms with E-state index in [-0.39, 0.29) is 16.5 Å². The van der Waals surface area contributed by atoms with Crippen LogP contribution in [0.15, 0.2) is 23.2 Å². The molecule has 0 fully saturated rings. The normalized spacial score (nSPS) is 13.2. The molecular weight excluding hydrogens is 312 g/mol. The van der Waals surface area contributed by atoms with Crippen LogP contribution in [0, 0.1) is 0 Å². The van der Waals surface area contributed by atoms with Gasteiger partial charge in [-0.2, -0.15) is 16.5 Å². The number of pyridine rings is 1. The van der Waals surface area contributed by atoms with Crippen molar-refractivity contribution in [2.45, 2.75) is 17.4 Å². The van der Waals surface area contributed by atoms with Gasteiger partial charge in [-0.25, -0.2) is 13.4 Å². The fraction of sp³-hybridized carbons (Fsp3) is 0.400. The Morgan fingerprint density at radius 1 is 1.63 bits per heavy atom. The molecule has 0 radical (unpaired) electrons. The number of thioether (sulfide) groups is 1. The molecular formula is C10H13ClN2O4S2. The molecule has 2 N–H and O–H groups in total. The number of carboxylic acids is 1. The maximum atomic E-state index is 12.0. The Kier molecular flexibility index (Phi) is 6.05. The molecule has 9 heteroatoms. The highest BCUT2D eigenvalue weighted by atomic mass is 35.5. The first-order valence-corrected chi connectivity index (χ1v) is 8.48. The molecule has 19 heavy (non-hydrogen) atoms. The van der Waals surface area contributed by atoms with Crippen molar-refractivity contribution in [2.24, 2.45) is 0 Å². The lowest BCUT2D eigenvalue weighted by molar-refractivity contribution is -0.139. The van der Waals surface area contributed by atoms with Crippen molar-refractivity contribution in [3.63, 3.8) is 0 Å². The van der Waals surface area contributed by atoms with Crippen molar-refractivity contribution in [1.29, 1.82) is 0 Å². The predicted octanol–water partition coefficient (Wildman–Crippen LogP) is 1.22. The second-order valence-electron chi connectivity index (χ2n) is 3.59. The summed E-state index contributed by atoms with van der Waals surface area (Å²) in [6, 6.07) is 1.50. The van der Waals surface area contributed by atoms with Crippen LogP contribution in [0.3, 0.4) is 0 Å². The molecule has 106 valence electrons. The van der Waals surface area contributed by atoms with E-state index in [0.717, 1.165) is 0 Å². The number of carboxylic acid groups (broad SMARTS) is 1. The summed E-state index contributed by atoms with van der Waals surface area (Å²) in [4.78, 5) is 14.4. The summed E-state index contributed by atoms with van der Waals surface area (Å²) in [5.41, 5.74) is 0. The topological polar surface area (TPSA) is 96.4 Å². The Hall–Kier alpha value is -0.830. The lowest BCUT2D eigenvalue weighted by Crippen LogP contribution is -2.41. The van der Waals surface area contributed by atoms with Gasteiger partial charge in [0.25, 0.3) is 0 Å². The van der Waals surface area contributed by atoms with Gasteiger partial charge in [-0.15, -0.1) is 0 Å². The number of hydrogen-bond donors (Lipinski definition) is 2. The number of sulfonamides is 1. The van der Waals surface area contributed by atoms with E-state index in [9.17, 15) is 13.2 Å². The number of halogens is 1. The maximum absolute atomic E-state index is 12.0. The Morgan fingerprint density at radius 3 is 2.84 bits per heavy atom. The molecule has 0 aromatic carbocycles. The fourth-order valence-electron chi connectivity index (χ4n) is 1.29. The van der Waals surface area contributed by atoms with E-state index in [1.54, 1.807) is 0 Å². The minimum absolute atomic E-state index is 0.188. The fourth-order valence-corrected chi connectivity index (χ4v) is 3.44. The largest absolute Gasteiger partial charge is 0.480 e. The van der Waals surface area contributed by atoms with Gasteiger partial charge in [-0.05, 0) is 30.6 Å². The molecule has 1 atom stereocenters. The number of nitrogens with zero attached hydrogens (tertiary/aromatic N) is 1. The van der Waals surface area contributed by atoms with Gasteiger partial charge in [0.2, 0.25) is 10.0 Å². The van der Waals surface area contributed by atoms with E-state index < -0.39 is 22.0 Å². The quantitative estimate of drug-likeness (QED) is 0.732. The molecule has 0 bridgehead atoms. The minimum Gasteiger partial charge on any atom is -0.480 e. The number of hydrogen-bond acceptors (Lipinski definition) is 5. The molecule has 0 saturated heterocycles. The molecule has 1 rings (SSSR count). The average Bonchev–Trinajstić information content (AvgIpc) is 2.34. The summed E-state index contributed by atoms with van der Waals surface area (Å²) in [6.45, 7) is 0. The number of aromatic nitrogens is 1. The summed E-state index contributed by atoms with van der Waals surface area (Å²) < 4.78 is 26.2. The molecule has 0 aliphatic rings. The van der Waals surface area contributed by atoms with Gasteiger partial charge in [-0.3, -0.25) is 4.79 Å². The van der Waals surface area contributed by atoms with Gasteiger partial charge in [0.15, 0.2) is 0 Å². The smallest absolute Gasteiger partial charge is 0.321 e. The van der Waals surface area contributed by atoms with Crippen LogP contribution in [-0.2, 0) is 14.8 Å². The van der Waals surface area contributed by atoms with Crippen LogP contribution < -0.4 is 4.72 Å². The molecule has 0 aliphatic heterocycles. The van der Waals surface area contributed by atoms with E-state index >= 15 is 0 Å². The van der Waals surface area contributed by atoms with Gasteiger partial charge in [0.05, 0.1) is 0 Å². The van der Waals surface area contributed by atoms with Crippen LogP contribution in [0.2, 0.25) is 5.15 Å². The molecule has 6 nitrogen and oxygen atoms in total. The van der Waals surface area contributed by atoms with Crippen molar-refractivity contribution in [1.82, 2.24) is 9.71 Å². The lowest BCUT2D eigenvalue weighted by atomic mass is 10.2. The monoisotopic (exact) mass is 324 g/mol. The van der Waals surface area contributed by atoms with Crippen LogP contribution in [0.1, 0.15) is 6.42 Å². The SMILES string of the molecule is CSCC[C@@H](NS(=O)(=O)c1cccnc1Cl)C(=O)O.